The van der Waals surface area contributed by atoms with Crippen molar-refractivity contribution in [3.63, 3.8) is 0 Å². The molecule has 38 nitrogen and oxygen atoms in total. The van der Waals surface area contributed by atoms with Gasteiger partial charge < -0.3 is 118 Å². The number of nitrogens with one attached hydrogen (secondary N) is 15. The fraction of sp³-hybridized carbons (Fsp3) is 0.612. The van der Waals surface area contributed by atoms with Crippen LogP contribution >= 0.6 is 0 Å². The van der Waals surface area contributed by atoms with E-state index in [1.54, 1.807) is 178 Å². The van der Waals surface area contributed by atoms with Crippen molar-refractivity contribution in [3.8, 4) is 11.1 Å². The highest BCUT2D eigenvalue weighted by Crippen LogP contribution is 2.26. The molecule has 0 bridgehead atoms. The van der Waals surface area contributed by atoms with Crippen LogP contribution in [0.15, 0.2) is 72.8 Å². The first-order valence-corrected chi connectivity index (χ1v) is 41.5. The summed E-state index contributed by atoms with van der Waals surface area (Å²) in [6.07, 6.45) is -13.6. The van der Waals surface area contributed by atoms with Gasteiger partial charge in [0.1, 0.15) is 87.5 Å². The smallest absolute Gasteiger partial charge is 0.407 e. The number of carbonyl (C=O) groups excluding carboxylic acids is 15. The number of hydrogen-bond acceptors (Lipinski definition) is 24. The molecule has 1 aliphatic rings. The molecule has 1 heterocycles. The number of amides is 14. The normalized spacial score (nSPS) is 19.4. The van der Waals surface area contributed by atoms with Gasteiger partial charge in [0, 0.05) is 64.7 Å². The SMILES string of the molecule is CC(C)C[C@@H]1NC(=O)[C@@H](Cc2ccccc2)NC(=O)[C@H](CCNC(=O)OC(C)(C)C)NC[C@@H](NC(=O)[C@H](CCNC(=O)OC(C)(C)C)NC(=O)[C@@H](NC(=O)[C@H](CCNC(=O)OC(C)(C)C)OC(=O)c2c(F)cc(-c3ccccc3)cc2F)C(C)O)CCNC(=O)[C@H]([C@H](C)O)NC(=O)[C@H](CCNC(=O)OC(C)(C)C)NC(=O)[C@H](CCNC(=O)OC(C)(C)C)NC1=O. The molecular weight excluding hydrogens is 1640 g/mol. The van der Waals surface area contributed by atoms with Crippen molar-refractivity contribution in [2.24, 2.45) is 5.92 Å². The van der Waals surface area contributed by atoms with Gasteiger partial charge in [0.05, 0.1) is 18.2 Å². The van der Waals surface area contributed by atoms with Crippen molar-refractivity contribution in [2.75, 3.05) is 45.8 Å². The number of aliphatic hydroxyl groups excluding tert-OH is 2. The average molecular weight is 1770 g/mol. The Morgan fingerprint density at radius 2 is 0.864 bits per heavy atom. The van der Waals surface area contributed by atoms with Gasteiger partial charge in [-0.3, -0.25) is 43.2 Å². The van der Waals surface area contributed by atoms with Crippen molar-refractivity contribution < 1.29 is 119 Å². The first kappa shape index (κ1) is 106. The predicted octanol–water partition coefficient (Wildman–Crippen LogP) is 4.14. The Kier molecular flexibility index (Phi) is 41.7. The highest BCUT2D eigenvalue weighted by Gasteiger charge is 2.39. The molecule has 0 radical (unpaired) electrons. The lowest BCUT2D eigenvalue weighted by Crippen LogP contribution is -2.61. The molecule has 12 atom stereocenters. The molecule has 4 rings (SSSR count). The number of hydrogen-bond donors (Lipinski definition) is 17. The van der Waals surface area contributed by atoms with Crippen LogP contribution in [0.3, 0.4) is 0 Å². The van der Waals surface area contributed by atoms with Crippen LogP contribution < -0.4 is 79.8 Å². The zero-order valence-corrected chi connectivity index (χ0v) is 74.8. The molecular formula is C85H129F2N15O23. The second-order valence-electron chi connectivity index (χ2n) is 35.5. The van der Waals surface area contributed by atoms with Crippen molar-refractivity contribution in [2.45, 2.75) is 284 Å². The maximum absolute atomic E-state index is 15.9. The Morgan fingerprint density at radius 1 is 0.464 bits per heavy atom. The summed E-state index contributed by atoms with van der Waals surface area (Å²) in [6, 6.07) is 2.91. The van der Waals surface area contributed by atoms with E-state index in [4.69, 9.17) is 28.4 Å². The Labute approximate surface area is 727 Å². The van der Waals surface area contributed by atoms with Gasteiger partial charge in [-0.2, -0.15) is 0 Å². The molecule has 1 fully saturated rings. The molecule has 17 N–H and O–H groups in total. The van der Waals surface area contributed by atoms with E-state index in [1.165, 1.54) is 0 Å². The van der Waals surface area contributed by atoms with Gasteiger partial charge in [-0.25, -0.2) is 37.5 Å². The fourth-order valence-electron chi connectivity index (χ4n) is 12.0. The summed E-state index contributed by atoms with van der Waals surface area (Å²) in [6.45, 7) is 26.4. The average Bonchev–Trinajstić information content (AvgIpc) is 0.900. The van der Waals surface area contributed by atoms with Crippen LogP contribution in [0.4, 0.5) is 32.8 Å². The fourth-order valence-corrected chi connectivity index (χ4v) is 12.0. The third-order valence-corrected chi connectivity index (χ3v) is 17.7. The van der Waals surface area contributed by atoms with E-state index in [-0.39, 0.29) is 56.8 Å². The molecule has 40 heteroatoms. The van der Waals surface area contributed by atoms with E-state index in [0.29, 0.717) is 11.1 Å². The molecule has 0 aliphatic carbocycles. The molecule has 0 aromatic heterocycles. The molecule has 3 aromatic rings. The van der Waals surface area contributed by atoms with Gasteiger partial charge in [0.25, 0.3) is 5.91 Å². The number of carbonyl (C=O) groups is 15. The monoisotopic (exact) mass is 1770 g/mol. The van der Waals surface area contributed by atoms with E-state index in [0.717, 1.165) is 26.0 Å². The Bertz CT molecular complexity index is 4120. The number of esters is 1. The first-order chi connectivity index (χ1) is 58.1. The third-order valence-electron chi connectivity index (χ3n) is 17.7. The highest BCUT2D eigenvalue weighted by atomic mass is 19.1. The van der Waals surface area contributed by atoms with Crippen LogP contribution in [0.5, 0.6) is 0 Å². The minimum atomic E-state index is -2.13. The van der Waals surface area contributed by atoms with Gasteiger partial charge in [0.15, 0.2) is 6.10 Å². The van der Waals surface area contributed by atoms with Gasteiger partial charge in [-0.1, -0.05) is 74.5 Å². The van der Waals surface area contributed by atoms with Gasteiger partial charge >= 0.3 is 36.4 Å². The van der Waals surface area contributed by atoms with Crippen LogP contribution in [-0.4, -0.2) is 246 Å². The van der Waals surface area contributed by atoms with E-state index >= 15 is 23.2 Å². The number of halogens is 2. The van der Waals surface area contributed by atoms with Crippen molar-refractivity contribution >= 4 is 89.6 Å². The lowest BCUT2D eigenvalue weighted by molar-refractivity contribution is -0.138. The summed E-state index contributed by atoms with van der Waals surface area (Å²) in [5.74, 6) is -14.8. The van der Waals surface area contributed by atoms with Gasteiger partial charge in [-0.05, 0) is 191 Å². The summed E-state index contributed by atoms with van der Waals surface area (Å²) in [7, 11) is 0. The van der Waals surface area contributed by atoms with E-state index < -0.39 is 259 Å². The standard InChI is InChI=1S/C85H129F2N15O23/c1-47(2)42-60-70(109)97-58(33-39-91-78(117)123-83(11,12)13)68(107)96-59(34-40-92-79(118)124-84(14,15)16)69(108)101-64(48(3)103)73(112)88-36-30-53(46-94-56(31-37-89-76(115)121-81(5,6)7)66(105)100-61(71(110)99-60)43-50-26-22-20-23-27-50)95-67(106)57(32-38-90-77(116)122-82(8,9)10)98-74(113)65(49(4)104)102-72(111)62(35-41-93-80(119)125-85(17,18)19)120-75(114)63-54(86)44-52(45-55(63)87)51-28-24-21-25-29-51/h20-29,44-45,47-49,53,56-62,64-65,94,103-104H,30-43,46H2,1-19H3,(H,88,112)(H,89,115)(H,90,116)(H,91,117)(H,92,118)(H,93,119)(H,95,106)(H,96,107)(H,97,109)(H,98,113)(H,99,110)(H,100,105)(H,101,108)(H,102,111)/t48-,49?,53-,56-,57-,58-,59-,60-,61+,62-,64-,65-/m0/s1. The molecule has 1 unspecified atom stereocenters. The number of aliphatic hydroxyl groups is 2. The molecule has 1 aliphatic heterocycles. The molecule has 3 aromatic carbocycles. The summed E-state index contributed by atoms with van der Waals surface area (Å²) in [5, 5.41) is 61.4. The number of rotatable bonds is 30. The van der Waals surface area contributed by atoms with Crippen molar-refractivity contribution in [3.05, 3.63) is 95.6 Å². The van der Waals surface area contributed by atoms with Crippen molar-refractivity contribution in [1.82, 2.24) is 79.8 Å². The molecule has 0 saturated carbocycles. The zero-order valence-electron chi connectivity index (χ0n) is 74.8. The Balaban J connectivity index is 1.94. The van der Waals surface area contributed by atoms with Gasteiger partial charge in [-0.15, -0.1) is 0 Å². The first-order valence-electron chi connectivity index (χ1n) is 41.5. The molecule has 125 heavy (non-hydrogen) atoms. The van der Waals surface area contributed by atoms with E-state index in [2.05, 4.69) is 79.8 Å². The molecule has 696 valence electrons. The van der Waals surface area contributed by atoms with Crippen LogP contribution in [0, 0.1) is 17.6 Å². The topological polar surface area (TPSA) is 532 Å². The second kappa shape index (κ2) is 49.2. The maximum Gasteiger partial charge on any atom is 0.407 e. The number of ether oxygens (including phenoxy) is 6. The van der Waals surface area contributed by atoms with Crippen LogP contribution in [-0.2, 0) is 78.0 Å². The summed E-state index contributed by atoms with van der Waals surface area (Å²) >= 11 is 0. The Hall–Kier alpha value is -11.5. The minimum absolute atomic E-state index is 0.0298. The maximum atomic E-state index is 15.9. The quantitative estimate of drug-likeness (QED) is 0.0329. The zero-order chi connectivity index (χ0) is 94.1. The van der Waals surface area contributed by atoms with E-state index in [1.807, 2.05) is 0 Å². The van der Waals surface area contributed by atoms with Crippen LogP contribution in [0.1, 0.15) is 192 Å². The molecule has 1 saturated heterocycles. The van der Waals surface area contributed by atoms with E-state index in [9.17, 15) is 67.7 Å². The highest BCUT2D eigenvalue weighted by molar-refractivity contribution is 5.98. The lowest BCUT2D eigenvalue weighted by atomic mass is 10.00. The number of benzene rings is 3. The summed E-state index contributed by atoms with van der Waals surface area (Å²) in [4.78, 5) is 213. The molecule has 0 spiro atoms. The summed E-state index contributed by atoms with van der Waals surface area (Å²) < 4.78 is 64.3. The minimum Gasteiger partial charge on any atom is -0.448 e. The second-order valence-corrected chi connectivity index (χ2v) is 35.5. The number of alkyl carbamates (subject to hydrolysis) is 5. The van der Waals surface area contributed by atoms with Crippen LogP contribution in [0.25, 0.3) is 11.1 Å². The largest absolute Gasteiger partial charge is 0.448 e. The third kappa shape index (κ3) is 41.2. The Morgan fingerprint density at radius 3 is 1.31 bits per heavy atom. The predicted molar refractivity (Wildman–Crippen MR) is 453 cm³/mol. The van der Waals surface area contributed by atoms with Crippen LogP contribution in [0.2, 0.25) is 0 Å². The molecule has 14 amide bonds. The van der Waals surface area contributed by atoms with Crippen molar-refractivity contribution in [1.29, 1.82) is 0 Å². The lowest BCUT2D eigenvalue weighted by Gasteiger charge is -2.29. The summed E-state index contributed by atoms with van der Waals surface area (Å²) in [5.41, 5.74) is -5.39. The van der Waals surface area contributed by atoms with Gasteiger partial charge in [0.2, 0.25) is 47.3 Å².